The van der Waals surface area contributed by atoms with Crippen molar-refractivity contribution in [2.75, 3.05) is 26.2 Å². The third-order valence-electron chi connectivity index (χ3n) is 3.25. The van der Waals surface area contributed by atoms with Gasteiger partial charge in [-0.1, -0.05) is 18.2 Å². The maximum Gasteiger partial charge on any atom is 0.266 e. The molecule has 1 aliphatic heterocycles. The van der Waals surface area contributed by atoms with E-state index in [0.717, 1.165) is 13.1 Å². The van der Waals surface area contributed by atoms with Gasteiger partial charge in [-0.15, -0.1) is 0 Å². The van der Waals surface area contributed by atoms with E-state index < -0.39 is 0 Å². The van der Waals surface area contributed by atoms with Crippen LogP contribution in [0.15, 0.2) is 36.0 Å². The fourth-order valence-corrected chi connectivity index (χ4v) is 2.08. The molecule has 21 heavy (non-hydrogen) atoms. The summed E-state index contributed by atoms with van der Waals surface area (Å²) in [5, 5.41) is 15.1. The molecular formula is C15H17FN4O. The molecule has 2 rings (SSSR count). The number of rotatable bonds is 4. The summed E-state index contributed by atoms with van der Waals surface area (Å²) in [5.41, 5.74) is 0.522. The number of benzene rings is 1. The molecule has 110 valence electrons. The van der Waals surface area contributed by atoms with E-state index in [1.807, 2.05) is 6.07 Å². The zero-order chi connectivity index (χ0) is 15.1. The summed E-state index contributed by atoms with van der Waals surface area (Å²) in [4.78, 5) is 13.8. The molecule has 0 radical (unpaired) electrons. The van der Waals surface area contributed by atoms with E-state index >= 15 is 0 Å². The molecule has 6 heteroatoms. The van der Waals surface area contributed by atoms with Crippen LogP contribution in [0.1, 0.15) is 5.56 Å². The first-order chi connectivity index (χ1) is 10.2. The number of carbonyl (C=O) groups is 1. The van der Waals surface area contributed by atoms with Gasteiger partial charge in [-0.2, -0.15) is 5.26 Å². The Morgan fingerprint density at radius 3 is 2.81 bits per heavy atom. The SMILES string of the molecule is N#C/C(=C/NCc1ccccc1F)C(=O)N1CCNCC1. The van der Waals surface area contributed by atoms with E-state index in [4.69, 9.17) is 5.26 Å². The van der Waals surface area contributed by atoms with Crippen molar-refractivity contribution in [3.63, 3.8) is 0 Å². The minimum atomic E-state index is -0.315. The molecule has 0 bridgehead atoms. The lowest BCUT2D eigenvalue weighted by molar-refractivity contribution is -0.127. The quantitative estimate of drug-likeness (QED) is 0.634. The van der Waals surface area contributed by atoms with Crippen molar-refractivity contribution in [3.8, 4) is 6.07 Å². The van der Waals surface area contributed by atoms with Crippen LogP contribution in [-0.4, -0.2) is 37.0 Å². The van der Waals surface area contributed by atoms with Crippen molar-refractivity contribution in [1.82, 2.24) is 15.5 Å². The minimum Gasteiger partial charge on any atom is -0.385 e. The van der Waals surface area contributed by atoms with Crippen LogP contribution < -0.4 is 10.6 Å². The Balaban J connectivity index is 1.96. The molecule has 5 nitrogen and oxygen atoms in total. The van der Waals surface area contributed by atoms with Gasteiger partial charge in [0, 0.05) is 44.5 Å². The second-order valence-electron chi connectivity index (χ2n) is 4.68. The average Bonchev–Trinajstić information content (AvgIpc) is 2.53. The lowest BCUT2D eigenvalue weighted by Gasteiger charge is -2.27. The lowest BCUT2D eigenvalue weighted by atomic mass is 10.2. The van der Waals surface area contributed by atoms with Crippen LogP contribution in [0, 0.1) is 17.1 Å². The van der Waals surface area contributed by atoms with E-state index in [9.17, 15) is 9.18 Å². The minimum absolute atomic E-state index is 0.0354. The summed E-state index contributed by atoms with van der Waals surface area (Å²) in [6.07, 6.45) is 1.36. The molecule has 0 aliphatic carbocycles. The summed E-state index contributed by atoms with van der Waals surface area (Å²) in [6.45, 7) is 2.86. The number of hydrogen-bond donors (Lipinski definition) is 2. The largest absolute Gasteiger partial charge is 0.385 e. The number of piperazine rings is 1. The fraction of sp³-hybridized carbons (Fsp3) is 0.333. The number of nitriles is 1. The van der Waals surface area contributed by atoms with Crippen molar-refractivity contribution in [2.24, 2.45) is 0 Å². The molecule has 1 aromatic rings. The van der Waals surface area contributed by atoms with Crippen LogP contribution in [0.2, 0.25) is 0 Å². The summed E-state index contributed by atoms with van der Waals surface area (Å²) in [5.74, 6) is -0.606. The van der Waals surface area contributed by atoms with Gasteiger partial charge in [0.05, 0.1) is 0 Å². The molecule has 0 atom stereocenters. The van der Waals surface area contributed by atoms with Crippen molar-refractivity contribution >= 4 is 5.91 Å². The first-order valence-corrected chi connectivity index (χ1v) is 6.79. The van der Waals surface area contributed by atoms with E-state index in [0.29, 0.717) is 18.7 Å². The monoisotopic (exact) mass is 288 g/mol. The fourth-order valence-electron chi connectivity index (χ4n) is 2.08. The summed E-state index contributed by atoms with van der Waals surface area (Å²) in [7, 11) is 0. The molecule has 1 heterocycles. The predicted octanol–water partition coefficient (Wildman–Crippen LogP) is 0.755. The smallest absolute Gasteiger partial charge is 0.266 e. The van der Waals surface area contributed by atoms with E-state index in [1.54, 1.807) is 23.1 Å². The highest BCUT2D eigenvalue weighted by atomic mass is 19.1. The van der Waals surface area contributed by atoms with Gasteiger partial charge in [-0.05, 0) is 6.07 Å². The molecule has 0 aromatic heterocycles. The topological polar surface area (TPSA) is 68.2 Å². The van der Waals surface area contributed by atoms with Crippen molar-refractivity contribution in [2.45, 2.75) is 6.54 Å². The second kappa shape index (κ2) is 7.41. The first kappa shape index (κ1) is 15.0. The van der Waals surface area contributed by atoms with Crippen molar-refractivity contribution < 1.29 is 9.18 Å². The number of nitrogens with zero attached hydrogens (tertiary/aromatic N) is 2. The predicted molar refractivity (Wildman–Crippen MR) is 76.4 cm³/mol. The molecule has 1 saturated heterocycles. The van der Waals surface area contributed by atoms with Gasteiger partial charge in [0.2, 0.25) is 0 Å². The van der Waals surface area contributed by atoms with Gasteiger partial charge in [0.1, 0.15) is 17.5 Å². The molecule has 1 fully saturated rings. The Morgan fingerprint density at radius 1 is 1.43 bits per heavy atom. The molecule has 2 N–H and O–H groups in total. The highest BCUT2D eigenvalue weighted by Gasteiger charge is 2.19. The number of carbonyl (C=O) groups excluding carboxylic acids is 1. The molecule has 1 aromatic carbocycles. The van der Waals surface area contributed by atoms with E-state index in [-0.39, 0.29) is 23.8 Å². The van der Waals surface area contributed by atoms with Crippen LogP contribution in [-0.2, 0) is 11.3 Å². The summed E-state index contributed by atoms with van der Waals surface area (Å²) < 4.78 is 13.4. The maximum absolute atomic E-state index is 13.4. The molecular weight excluding hydrogens is 271 g/mol. The normalized spacial score (nSPS) is 15.4. The Morgan fingerprint density at radius 2 is 2.14 bits per heavy atom. The Hall–Kier alpha value is -2.39. The van der Waals surface area contributed by atoms with E-state index in [2.05, 4.69) is 10.6 Å². The van der Waals surface area contributed by atoms with Gasteiger partial charge in [-0.25, -0.2) is 4.39 Å². The van der Waals surface area contributed by atoms with Crippen LogP contribution in [0.25, 0.3) is 0 Å². The first-order valence-electron chi connectivity index (χ1n) is 6.79. The van der Waals surface area contributed by atoms with Crippen LogP contribution in [0.5, 0.6) is 0 Å². The zero-order valence-electron chi connectivity index (χ0n) is 11.6. The molecule has 1 amide bonds. The standard InChI is InChI=1S/C15H17FN4O/c16-14-4-2-1-3-12(14)10-19-11-13(9-17)15(21)20-7-5-18-6-8-20/h1-4,11,18-19H,5-8,10H2/b13-11-. The van der Waals surface area contributed by atoms with Gasteiger partial charge in [0.25, 0.3) is 5.91 Å². The molecule has 0 spiro atoms. The Labute approximate surface area is 123 Å². The van der Waals surface area contributed by atoms with Gasteiger partial charge in [-0.3, -0.25) is 4.79 Å². The van der Waals surface area contributed by atoms with Crippen LogP contribution in [0.4, 0.5) is 4.39 Å². The zero-order valence-corrected chi connectivity index (χ0v) is 11.6. The summed E-state index contributed by atoms with van der Waals surface area (Å²) in [6, 6.07) is 8.27. The number of amides is 1. The lowest BCUT2D eigenvalue weighted by Crippen LogP contribution is -2.46. The molecule has 0 saturated carbocycles. The molecule has 1 aliphatic rings. The van der Waals surface area contributed by atoms with Crippen LogP contribution >= 0.6 is 0 Å². The third kappa shape index (κ3) is 4.04. The number of halogens is 1. The third-order valence-corrected chi connectivity index (χ3v) is 3.25. The number of hydrogen-bond acceptors (Lipinski definition) is 4. The van der Waals surface area contributed by atoms with E-state index in [1.165, 1.54) is 12.3 Å². The van der Waals surface area contributed by atoms with Gasteiger partial charge in [0.15, 0.2) is 0 Å². The van der Waals surface area contributed by atoms with Gasteiger partial charge < -0.3 is 15.5 Å². The Kier molecular flexibility index (Phi) is 5.29. The molecule has 0 unspecified atom stereocenters. The highest BCUT2D eigenvalue weighted by Crippen LogP contribution is 2.06. The summed E-state index contributed by atoms with van der Waals surface area (Å²) >= 11 is 0. The maximum atomic E-state index is 13.4. The Bertz CT molecular complexity index is 573. The van der Waals surface area contributed by atoms with Gasteiger partial charge >= 0.3 is 0 Å². The number of nitrogens with one attached hydrogen (secondary N) is 2. The second-order valence-corrected chi connectivity index (χ2v) is 4.68. The highest BCUT2D eigenvalue weighted by molar-refractivity contribution is 5.97. The van der Waals surface area contributed by atoms with Crippen molar-refractivity contribution in [1.29, 1.82) is 5.26 Å². The average molecular weight is 288 g/mol. The van der Waals surface area contributed by atoms with Crippen LogP contribution in [0.3, 0.4) is 0 Å². The van der Waals surface area contributed by atoms with Crippen molar-refractivity contribution in [3.05, 3.63) is 47.4 Å².